The Bertz CT molecular complexity index is 2000. The van der Waals surface area contributed by atoms with Gasteiger partial charge in [-0.15, -0.1) is 0 Å². The molecule has 8 rings (SSSR count). The fourth-order valence-corrected chi connectivity index (χ4v) is 6.78. The van der Waals surface area contributed by atoms with E-state index in [1.165, 1.54) is 0 Å². The number of carbonyl (C=O) groups excluding carboxylic acids is 2. The monoisotopic (exact) mass is 610 g/mol. The van der Waals surface area contributed by atoms with Gasteiger partial charge in [-0.1, -0.05) is 64.1 Å². The number of carbonyl (C=O) groups is 2. The lowest BCUT2D eigenvalue weighted by Gasteiger charge is -2.29. The van der Waals surface area contributed by atoms with E-state index in [0.717, 1.165) is 80.2 Å². The van der Waals surface area contributed by atoms with Crippen LogP contribution in [0.5, 0.6) is 0 Å². The van der Waals surface area contributed by atoms with Crippen molar-refractivity contribution in [3.05, 3.63) is 107 Å². The highest BCUT2D eigenvalue weighted by Gasteiger charge is 2.34. The average molecular weight is 611 g/mol. The maximum Gasteiger partial charge on any atom is 0.165 e. The molecule has 0 atom stereocenters. The number of pyridine rings is 2. The lowest BCUT2D eigenvalue weighted by atomic mass is 9.75. The maximum atomic E-state index is 12.5. The van der Waals surface area contributed by atoms with Gasteiger partial charge in [0.2, 0.25) is 0 Å². The van der Waals surface area contributed by atoms with Crippen molar-refractivity contribution in [3.8, 4) is 11.4 Å². The highest BCUT2D eigenvalue weighted by molar-refractivity contribution is 6.02. The summed E-state index contributed by atoms with van der Waals surface area (Å²) in [5.74, 6) is 0.384. The lowest BCUT2D eigenvalue weighted by Crippen LogP contribution is -2.28. The Hall–Kier alpha value is -4.98. The van der Waals surface area contributed by atoms with Crippen molar-refractivity contribution in [1.82, 2.24) is 29.5 Å². The van der Waals surface area contributed by atoms with Crippen LogP contribution in [0.3, 0.4) is 0 Å². The Labute approximate surface area is 268 Å². The molecule has 232 valence electrons. The van der Waals surface area contributed by atoms with Gasteiger partial charge in [-0.2, -0.15) is 10.2 Å². The SMILES string of the molecule is Cc1nn(-c2ccccc2)c2nc3c(cc12)C(=O)CC(C)(C)C3.Cc1nn(-c2ccccc2)c2nc3c(cc12)C(=O)CC(C)(C)C3. The number of fused-ring (bicyclic) bond motifs is 4. The Kier molecular flexibility index (Phi) is 6.99. The molecular formula is C38H38N6O2. The first-order valence-corrected chi connectivity index (χ1v) is 15.8. The molecule has 0 N–H and O–H groups in total. The van der Waals surface area contributed by atoms with Crippen molar-refractivity contribution in [2.75, 3.05) is 0 Å². The van der Waals surface area contributed by atoms with E-state index in [0.29, 0.717) is 12.8 Å². The molecule has 8 heteroatoms. The molecule has 0 radical (unpaired) electrons. The second-order valence-corrected chi connectivity index (χ2v) is 14.3. The first-order valence-electron chi connectivity index (χ1n) is 15.8. The second-order valence-electron chi connectivity index (χ2n) is 14.3. The molecule has 2 aliphatic rings. The third kappa shape index (κ3) is 5.31. The van der Waals surface area contributed by atoms with E-state index in [1.54, 1.807) is 0 Å². The number of benzene rings is 2. The Balaban J connectivity index is 0.000000147. The van der Waals surface area contributed by atoms with E-state index < -0.39 is 0 Å². The molecule has 0 fully saturated rings. The predicted octanol–water partition coefficient (Wildman–Crippen LogP) is 7.77. The summed E-state index contributed by atoms with van der Waals surface area (Å²) in [4.78, 5) is 34.6. The van der Waals surface area contributed by atoms with Crippen LogP contribution in [0.2, 0.25) is 0 Å². The molecule has 0 bridgehead atoms. The fraction of sp³-hybridized carbons (Fsp3) is 0.316. The average Bonchev–Trinajstić information content (AvgIpc) is 3.51. The predicted molar refractivity (Wildman–Crippen MR) is 180 cm³/mol. The van der Waals surface area contributed by atoms with Gasteiger partial charge in [0.05, 0.1) is 34.2 Å². The summed E-state index contributed by atoms with van der Waals surface area (Å²) in [6.07, 6.45) is 2.81. The molecule has 6 aromatic rings. The van der Waals surface area contributed by atoms with Gasteiger partial charge in [0, 0.05) is 34.7 Å². The maximum absolute atomic E-state index is 12.5. The summed E-state index contributed by atoms with van der Waals surface area (Å²) in [6.45, 7) is 12.4. The molecule has 4 heterocycles. The molecule has 0 saturated heterocycles. The fourth-order valence-electron chi connectivity index (χ4n) is 6.78. The number of hydrogen-bond donors (Lipinski definition) is 0. The van der Waals surface area contributed by atoms with E-state index in [4.69, 9.17) is 9.97 Å². The van der Waals surface area contributed by atoms with Crippen LogP contribution in [0.25, 0.3) is 33.4 Å². The first kappa shape index (κ1) is 29.7. The normalized spacial score (nSPS) is 16.6. The molecule has 2 aliphatic carbocycles. The summed E-state index contributed by atoms with van der Waals surface area (Å²) < 4.78 is 3.74. The second kappa shape index (κ2) is 10.8. The van der Waals surface area contributed by atoms with Gasteiger partial charge in [0.1, 0.15) is 0 Å². The standard InChI is InChI=1S/2C19H19N3O/c2*1-12-14-9-15-16(10-19(2,3)11-17(15)23)20-18(14)22(21-12)13-7-5-4-6-8-13/h2*4-9H,10-11H2,1-3H3. The summed E-state index contributed by atoms with van der Waals surface area (Å²) in [5, 5.41) is 11.2. The number of ketones is 2. The zero-order valence-corrected chi connectivity index (χ0v) is 27.3. The number of para-hydroxylation sites is 2. The zero-order valence-electron chi connectivity index (χ0n) is 27.3. The van der Waals surface area contributed by atoms with Crippen LogP contribution in [0.15, 0.2) is 72.8 Å². The van der Waals surface area contributed by atoms with Crippen molar-refractivity contribution in [1.29, 1.82) is 0 Å². The van der Waals surface area contributed by atoms with Gasteiger partial charge in [-0.25, -0.2) is 19.3 Å². The Morgan fingerprint density at radius 3 is 1.30 bits per heavy atom. The largest absolute Gasteiger partial charge is 0.294 e. The smallest absolute Gasteiger partial charge is 0.165 e. The minimum atomic E-state index is -0.0304. The van der Waals surface area contributed by atoms with Gasteiger partial charge in [0.25, 0.3) is 0 Å². The number of rotatable bonds is 2. The van der Waals surface area contributed by atoms with Crippen LogP contribution in [0.4, 0.5) is 0 Å². The summed E-state index contributed by atoms with van der Waals surface area (Å²) >= 11 is 0. The van der Waals surface area contributed by atoms with Gasteiger partial charge in [0.15, 0.2) is 22.9 Å². The van der Waals surface area contributed by atoms with E-state index in [-0.39, 0.29) is 22.4 Å². The van der Waals surface area contributed by atoms with Crippen molar-refractivity contribution >= 4 is 33.6 Å². The number of hydrogen-bond acceptors (Lipinski definition) is 6. The first-order chi connectivity index (χ1) is 21.9. The third-order valence-corrected chi connectivity index (χ3v) is 9.02. The van der Waals surface area contributed by atoms with E-state index in [2.05, 4.69) is 37.9 Å². The molecule has 0 aliphatic heterocycles. The van der Waals surface area contributed by atoms with Crippen molar-refractivity contribution < 1.29 is 9.59 Å². The number of Topliss-reactive ketones (excluding diaryl/α,β-unsaturated/α-hetero) is 2. The quantitative estimate of drug-likeness (QED) is 0.199. The summed E-state index contributed by atoms with van der Waals surface area (Å²) in [6, 6.07) is 24.0. The van der Waals surface area contributed by atoms with Crippen LogP contribution in [0.1, 0.15) is 84.0 Å². The third-order valence-electron chi connectivity index (χ3n) is 9.02. The molecule has 4 aromatic heterocycles. The van der Waals surface area contributed by atoms with Crippen LogP contribution in [-0.2, 0) is 12.8 Å². The van der Waals surface area contributed by atoms with E-state index in [9.17, 15) is 9.59 Å². The van der Waals surface area contributed by atoms with Crippen molar-refractivity contribution in [2.24, 2.45) is 10.8 Å². The van der Waals surface area contributed by atoms with Gasteiger partial charge >= 0.3 is 0 Å². The Morgan fingerprint density at radius 2 is 0.935 bits per heavy atom. The van der Waals surface area contributed by atoms with Crippen LogP contribution < -0.4 is 0 Å². The van der Waals surface area contributed by atoms with E-state index >= 15 is 0 Å². The van der Waals surface area contributed by atoms with Crippen LogP contribution >= 0.6 is 0 Å². The number of aromatic nitrogens is 6. The van der Waals surface area contributed by atoms with Crippen molar-refractivity contribution in [2.45, 2.75) is 67.2 Å². The molecule has 0 saturated carbocycles. The topological polar surface area (TPSA) is 95.6 Å². The minimum Gasteiger partial charge on any atom is -0.294 e. The van der Waals surface area contributed by atoms with Crippen LogP contribution in [0, 0.1) is 24.7 Å². The number of aryl methyl sites for hydroxylation is 2. The molecular weight excluding hydrogens is 572 g/mol. The lowest BCUT2D eigenvalue weighted by molar-refractivity contribution is 0.0901. The molecule has 0 unspecified atom stereocenters. The minimum absolute atomic E-state index is 0.0304. The van der Waals surface area contributed by atoms with Crippen molar-refractivity contribution in [3.63, 3.8) is 0 Å². The summed E-state index contributed by atoms with van der Waals surface area (Å²) in [7, 11) is 0. The molecule has 0 amide bonds. The summed E-state index contributed by atoms with van der Waals surface area (Å²) in [5.41, 5.74) is 8.71. The highest BCUT2D eigenvalue weighted by Crippen LogP contribution is 2.37. The van der Waals surface area contributed by atoms with E-state index in [1.807, 2.05) is 96.0 Å². The number of nitrogens with zero attached hydrogens (tertiary/aromatic N) is 6. The highest BCUT2D eigenvalue weighted by atomic mass is 16.1. The van der Waals surface area contributed by atoms with Gasteiger partial charge in [-0.3, -0.25) is 9.59 Å². The molecule has 8 nitrogen and oxygen atoms in total. The van der Waals surface area contributed by atoms with Crippen LogP contribution in [-0.4, -0.2) is 41.1 Å². The Morgan fingerprint density at radius 1 is 0.565 bits per heavy atom. The zero-order chi connectivity index (χ0) is 32.4. The molecule has 46 heavy (non-hydrogen) atoms. The molecule has 0 spiro atoms. The van der Waals surface area contributed by atoms with Gasteiger partial charge < -0.3 is 0 Å². The van der Waals surface area contributed by atoms with Gasteiger partial charge in [-0.05, 0) is 73.9 Å². The molecule has 2 aromatic carbocycles.